The zero-order valence-electron chi connectivity index (χ0n) is 8.65. The van der Waals surface area contributed by atoms with Crippen LogP contribution in [0.4, 0.5) is 0 Å². The van der Waals surface area contributed by atoms with Crippen LogP contribution in [0.5, 0.6) is 0 Å². The topological polar surface area (TPSA) is 38.7 Å². The molecule has 1 aliphatic rings. The molecule has 0 bridgehead atoms. The van der Waals surface area contributed by atoms with Crippen molar-refractivity contribution in [2.24, 2.45) is 0 Å². The van der Waals surface area contributed by atoms with Gasteiger partial charge >= 0.3 is 0 Å². The summed E-state index contributed by atoms with van der Waals surface area (Å²) < 4.78 is 10.9. The van der Waals surface area contributed by atoms with Crippen LogP contribution in [0, 0.1) is 0 Å². The highest BCUT2D eigenvalue weighted by Gasteiger charge is 2.12. The minimum atomic E-state index is 0.0231. The molecule has 1 aliphatic heterocycles. The molecule has 0 radical (unpaired) electrons. The minimum Gasteiger partial charge on any atom is -0.396 e. The maximum Gasteiger partial charge on any atom is 0.157 e. The van der Waals surface area contributed by atoms with E-state index in [1.807, 2.05) is 12.2 Å². The second kappa shape index (κ2) is 7.97. The summed E-state index contributed by atoms with van der Waals surface area (Å²) in [6.07, 6.45) is 9.08. The lowest BCUT2D eigenvalue weighted by Crippen LogP contribution is -2.22. The Morgan fingerprint density at radius 2 is 2.14 bits per heavy atom. The van der Waals surface area contributed by atoms with Gasteiger partial charge in [0.2, 0.25) is 0 Å². The molecule has 3 nitrogen and oxygen atoms in total. The summed E-state index contributed by atoms with van der Waals surface area (Å²) in [4.78, 5) is 0. The average Bonchev–Trinajstić information content (AvgIpc) is 2.25. The van der Waals surface area contributed by atoms with Gasteiger partial charge in [0.15, 0.2) is 6.29 Å². The second-order valence-electron chi connectivity index (χ2n) is 3.44. The first-order chi connectivity index (χ1) is 6.93. The largest absolute Gasteiger partial charge is 0.396 e. The lowest BCUT2D eigenvalue weighted by atomic mass is 10.2. The first-order valence-electron chi connectivity index (χ1n) is 5.42. The molecule has 1 fully saturated rings. The van der Waals surface area contributed by atoms with Gasteiger partial charge in [0.25, 0.3) is 0 Å². The van der Waals surface area contributed by atoms with Crippen molar-refractivity contribution in [1.82, 2.24) is 0 Å². The van der Waals surface area contributed by atoms with Crippen LogP contribution < -0.4 is 0 Å². The van der Waals surface area contributed by atoms with E-state index in [4.69, 9.17) is 14.6 Å². The SMILES string of the molecule is OCC/C=C/CCO[C@@H]1CCCCO1. The van der Waals surface area contributed by atoms with Crippen molar-refractivity contribution in [3.05, 3.63) is 12.2 Å². The van der Waals surface area contributed by atoms with Gasteiger partial charge in [0.1, 0.15) is 0 Å². The molecular formula is C11H20O3. The van der Waals surface area contributed by atoms with Crippen molar-refractivity contribution in [3.8, 4) is 0 Å². The molecule has 0 spiro atoms. The minimum absolute atomic E-state index is 0.0231. The summed E-state index contributed by atoms with van der Waals surface area (Å²) in [5.74, 6) is 0. The van der Waals surface area contributed by atoms with Crippen LogP contribution in [0.3, 0.4) is 0 Å². The van der Waals surface area contributed by atoms with E-state index in [9.17, 15) is 0 Å². The first kappa shape index (κ1) is 11.7. The van der Waals surface area contributed by atoms with Gasteiger partial charge in [-0.05, 0) is 32.1 Å². The van der Waals surface area contributed by atoms with Crippen molar-refractivity contribution < 1.29 is 14.6 Å². The fraction of sp³-hybridized carbons (Fsp3) is 0.818. The number of ether oxygens (including phenoxy) is 2. The van der Waals surface area contributed by atoms with Gasteiger partial charge < -0.3 is 14.6 Å². The molecule has 14 heavy (non-hydrogen) atoms. The molecule has 0 amide bonds. The molecule has 1 atom stereocenters. The standard InChI is InChI=1S/C11H20O3/c12-8-4-1-2-5-9-13-11-7-3-6-10-14-11/h1-2,11-12H,3-10H2/b2-1+/t11-/m0/s1. The summed E-state index contributed by atoms with van der Waals surface area (Å²) in [5.41, 5.74) is 0. The highest BCUT2D eigenvalue weighted by Crippen LogP contribution is 2.13. The Balaban J connectivity index is 1.92. The lowest BCUT2D eigenvalue weighted by molar-refractivity contribution is -0.161. The summed E-state index contributed by atoms with van der Waals surface area (Å²) in [6.45, 7) is 1.78. The summed E-state index contributed by atoms with van der Waals surface area (Å²) in [5, 5.41) is 8.52. The van der Waals surface area contributed by atoms with Crippen LogP contribution in [-0.4, -0.2) is 31.2 Å². The molecule has 0 aliphatic carbocycles. The number of aliphatic hydroxyl groups excluding tert-OH is 1. The van der Waals surface area contributed by atoms with E-state index >= 15 is 0 Å². The molecule has 0 saturated carbocycles. The molecule has 1 rings (SSSR count). The maximum absolute atomic E-state index is 8.52. The monoisotopic (exact) mass is 200 g/mol. The molecule has 0 unspecified atom stereocenters. The fourth-order valence-electron chi connectivity index (χ4n) is 1.42. The third kappa shape index (κ3) is 5.37. The Bertz CT molecular complexity index is 151. The summed E-state index contributed by atoms with van der Waals surface area (Å²) >= 11 is 0. The van der Waals surface area contributed by atoms with Crippen LogP contribution in [0.15, 0.2) is 12.2 Å². The molecule has 1 heterocycles. The third-order valence-corrected chi connectivity index (χ3v) is 2.19. The van der Waals surface area contributed by atoms with Gasteiger partial charge in [-0.3, -0.25) is 0 Å². The third-order valence-electron chi connectivity index (χ3n) is 2.19. The Labute approximate surface area is 85.7 Å². The molecule has 0 aromatic heterocycles. The maximum atomic E-state index is 8.52. The molecule has 0 aromatic carbocycles. The van der Waals surface area contributed by atoms with Crippen molar-refractivity contribution >= 4 is 0 Å². The van der Waals surface area contributed by atoms with Crippen molar-refractivity contribution in [3.63, 3.8) is 0 Å². The first-order valence-corrected chi connectivity index (χ1v) is 5.42. The zero-order valence-corrected chi connectivity index (χ0v) is 8.65. The molecule has 3 heteroatoms. The van der Waals surface area contributed by atoms with E-state index in [0.29, 0.717) is 6.61 Å². The number of hydrogen-bond donors (Lipinski definition) is 1. The molecule has 1 saturated heterocycles. The normalized spacial score (nSPS) is 23.1. The molecule has 0 aromatic rings. The quantitative estimate of drug-likeness (QED) is 0.525. The second-order valence-corrected chi connectivity index (χ2v) is 3.44. The Hall–Kier alpha value is -0.380. The van der Waals surface area contributed by atoms with Gasteiger partial charge in [0.05, 0.1) is 6.61 Å². The van der Waals surface area contributed by atoms with Gasteiger partial charge in [0, 0.05) is 13.2 Å². The molecular weight excluding hydrogens is 180 g/mol. The Kier molecular flexibility index (Phi) is 6.66. The van der Waals surface area contributed by atoms with E-state index in [2.05, 4.69) is 0 Å². The predicted molar refractivity (Wildman–Crippen MR) is 55.0 cm³/mol. The predicted octanol–water partition coefficient (Wildman–Crippen LogP) is 1.86. The zero-order chi connectivity index (χ0) is 10.1. The molecule has 82 valence electrons. The van der Waals surface area contributed by atoms with E-state index < -0.39 is 0 Å². The summed E-state index contributed by atoms with van der Waals surface area (Å²) in [6, 6.07) is 0. The van der Waals surface area contributed by atoms with Crippen LogP contribution in [0.25, 0.3) is 0 Å². The van der Waals surface area contributed by atoms with Crippen LogP contribution in [0.2, 0.25) is 0 Å². The van der Waals surface area contributed by atoms with Crippen molar-refractivity contribution in [2.45, 2.75) is 38.4 Å². The van der Waals surface area contributed by atoms with Gasteiger partial charge in [-0.15, -0.1) is 0 Å². The number of rotatable bonds is 6. The lowest BCUT2D eigenvalue weighted by Gasteiger charge is -2.22. The fourth-order valence-corrected chi connectivity index (χ4v) is 1.42. The van der Waals surface area contributed by atoms with Crippen LogP contribution >= 0.6 is 0 Å². The van der Waals surface area contributed by atoms with Crippen LogP contribution in [0.1, 0.15) is 32.1 Å². The van der Waals surface area contributed by atoms with E-state index in [0.717, 1.165) is 32.3 Å². The van der Waals surface area contributed by atoms with Crippen molar-refractivity contribution in [1.29, 1.82) is 0 Å². The van der Waals surface area contributed by atoms with Gasteiger partial charge in [-0.2, -0.15) is 0 Å². The Morgan fingerprint density at radius 1 is 1.29 bits per heavy atom. The summed E-state index contributed by atoms with van der Waals surface area (Å²) in [7, 11) is 0. The van der Waals surface area contributed by atoms with Gasteiger partial charge in [-0.1, -0.05) is 12.2 Å². The highest BCUT2D eigenvalue weighted by molar-refractivity contribution is 4.80. The van der Waals surface area contributed by atoms with Gasteiger partial charge in [-0.25, -0.2) is 0 Å². The van der Waals surface area contributed by atoms with Crippen molar-refractivity contribution in [2.75, 3.05) is 19.8 Å². The van der Waals surface area contributed by atoms with E-state index in [-0.39, 0.29) is 12.9 Å². The number of hydrogen-bond acceptors (Lipinski definition) is 3. The van der Waals surface area contributed by atoms with Crippen LogP contribution in [-0.2, 0) is 9.47 Å². The average molecular weight is 200 g/mol. The van der Waals surface area contributed by atoms with E-state index in [1.165, 1.54) is 6.42 Å². The smallest absolute Gasteiger partial charge is 0.157 e. The van der Waals surface area contributed by atoms with E-state index in [1.54, 1.807) is 0 Å². The highest BCUT2D eigenvalue weighted by atomic mass is 16.7. The Morgan fingerprint density at radius 3 is 2.86 bits per heavy atom. The number of aliphatic hydroxyl groups is 1. The molecule has 1 N–H and O–H groups in total.